The van der Waals surface area contributed by atoms with Gasteiger partial charge in [0.1, 0.15) is 11.9 Å². The number of thiazole rings is 1. The number of aryl methyl sites for hydroxylation is 1. The molecule has 0 aliphatic carbocycles. The number of hydrogen-bond acceptors (Lipinski definition) is 3. The first kappa shape index (κ1) is 10.3. The maximum Gasteiger partial charge on any atom is 0.123 e. The van der Waals surface area contributed by atoms with Crippen LogP contribution in [0, 0.1) is 12.7 Å². The third kappa shape index (κ3) is 2.22. The molecule has 0 saturated heterocycles. The van der Waals surface area contributed by atoms with E-state index in [9.17, 15) is 9.50 Å². The molecule has 0 aliphatic rings. The van der Waals surface area contributed by atoms with E-state index < -0.39 is 6.10 Å². The molecule has 1 N–H and O–H groups in total. The number of aliphatic hydroxyl groups is 1. The lowest BCUT2D eigenvalue weighted by molar-refractivity contribution is 0.215. The number of hydrogen-bond donors (Lipinski definition) is 1. The summed E-state index contributed by atoms with van der Waals surface area (Å²) in [6.45, 7) is 1.87. The van der Waals surface area contributed by atoms with Crippen LogP contribution in [0.15, 0.2) is 29.6 Å². The predicted molar refractivity (Wildman–Crippen MR) is 57.3 cm³/mol. The van der Waals surface area contributed by atoms with Gasteiger partial charge in [-0.25, -0.2) is 9.37 Å². The molecule has 2 rings (SSSR count). The van der Waals surface area contributed by atoms with Crippen LogP contribution in [0.2, 0.25) is 0 Å². The molecule has 0 bridgehead atoms. The van der Waals surface area contributed by atoms with Crippen molar-refractivity contribution in [1.82, 2.24) is 4.98 Å². The Kier molecular flexibility index (Phi) is 2.79. The molecular weight excluding hydrogens is 213 g/mol. The first-order valence-electron chi connectivity index (χ1n) is 4.52. The Hall–Kier alpha value is -1.26. The van der Waals surface area contributed by atoms with Crippen LogP contribution in [0.3, 0.4) is 0 Å². The van der Waals surface area contributed by atoms with E-state index in [4.69, 9.17) is 0 Å². The topological polar surface area (TPSA) is 33.1 Å². The van der Waals surface area contributed by atoms with Crippen molar-refractivity contribution in [2.24, 2.45) is 0 Å². The average Bonchev–Trinajstić information content (AvgIpc) is 2.64. The lowest BCUT2D eigenvalue weighted by Crippen LogP contribution is -2.00. The van der Waals surface area contributed by atoms with Crippen LogP contribution in [0.1, 0.15) is 22.4 Å². The van der Waals surface area contributed by atoms with Crippen molar-refractivity contribution in [1.29, 1.82) is 0 Å². The van der Waals surface area contributed by atoms with Crippen molar-refractivity contribution in [3.05, 3.63) is 51.7 Å². The second-order valence-electron chi connectivity index (χ2n) is 3.25. The zero-order valence-electron chi connectivity index (χ0n) is 8.14. The van der Waals surface area contributed by atoms with E-state index in [-0.39, 0.29) is 5.82 Å². The van der Waals surface area contributed by atoms with Gasteiger partial charge in [0, 0.05) is 5.38 Å². The van der Waals surface area contributed by atoms with Crippen molar-refractivity contribution in [3.8, 4) is 0 Å². The van der Waals surface area contributed by atoms with E-state index in [1.165, 1.54) is 23.5 Å². The molecule has 2 aromatic rings. The Morgan fingerprint density at radius 1 is 1.47 bits per heavy atom. The number of benzene rings is 1. The summed E-state index contributed by atoms with van der Waals surface area (Å²) in [7, 11) is 0. The molecule has 0 aliphatic heterocycles. The zero-order chi connectivity index (χ0) is 10.8. The molecule has 1 atom stereocenters. The average molecular weight is 223 g/mol. The maximum atomic E-state index is 12.9. The maximum absolute atomic E-state index is 12.9. The summed E-state index contributed by atoms with van der Waals surface area (Å²) in [6, 6.07) is 5.93. The number of halogens is 1. The van der Waals surface area contributed by atoms with E-state index in [0.717, 1.165) is 5.01 Å². The van der Waals surface area contributed by atoms with Gasteiger partial charge in [-0.1, -0.05) is 12.1 Å². The van der Waals surface area contributed by atoms with E-state index in [0.29, 0.717) is 11.3 Å². The summed E-state index contributed by atoms with van der Waals surface area (Å²) in [4.78, 5) is 4.16. The highest BCUT2D eigenvalue weighted by Crippen LogP contribution is 2.23. The molecule has 1 heterocycles. The molecule has 2 nitrogen and oxygen atoms in total. The predicted octanol–water partition coefficient (Wildman–Crippen LogP) is 2.67. The summed E-state index contributed by atoms with van der Waals surface area (Å²) in [5.41, 5.74) is 1.10. The van der Waals surface area contributed by atoms with Gasteiger partial charge in [0.2, 0.25) is 0 Å². The lowest BCUT2D eigenvalue weighted by atomic mass is 10.1. The molecule has 15 heavy (non-hydrogen) atoms. The van der Waals surface area contributed by atoms with E-state index in [1.807, 2.05) is 6.92 Å². The summed E-state index contributed by atoms with van der Waals surface area (Å²) in [6.07, 6.45) is -0.842. The van der Waals surface area contributed by atoms with Gasteiger partial charge < -0.3 is 5.11 Å². The summed E-state index contributed by atoms with van der Waals surface area (Å²) in [5, 5.41) is 12.6. The fraction of sp³-hybridized carbons (Fsp3) is 0.182. The Morgan fingerprint density at radius 3 is 2.87 bits per heavy atom. The van der Waals surface area contributed by atoms with E-state index in [1.54, 1.807) is 17.5 Å². The van der Waals surface area contributed by atoms with Gasteiger partial charge in [-0.15, -0.1) is 11.3 Å². The first-order chi connectivity index (χ1) is 7.16. The second kappa shape index (κ2) is 4.08. The molecule has 0 radical (unpaired) electrons. The van der Waals surface area contributed by atoms with Crippen molar-refractivity contribution in [2.45, 2.75) is 13.0 Å². The zero-order valence-corrected chi connectivity index (χ0v) is 8.96. The normalized spacial score (nSPS) is 12.7. The smallest absolute Gasteiger partial charge is 0.123 e. The Morgan fingerprint density at radius 2 is 2.27 bits per heavy atom. The molecule has 0 spiro atoms. The first-order valence-corrected chi connectivity index (χ1v) is 5.40. The molecule has 4 heteroatoms. The van der Waals surface area contributed by atoms with Crippen LogP contribution in [0.25, 0.3) is 0 Å². The number of aliphatic hydroxyl groups excluding tert-OH is 1. The van der Waals surface area contributed by atoms with Gasteiger partial charge >= 0.3 is 0 Å². The highest BCUT2D eigenvalue weighted by atomic mass is 32.1. The summed E-state index contributed by atoms with van der Waals surface area (Å²) >= 11 is 1.47. The highest BCUT2D eigenvalue weighted by Gasteiger charge is 2.13. The fourth-order valence-electron chi connectivity index (χ4n) is 1.35. The molecule has 1 aromatic heterocycles. The number of aromatic nitrogens is 1. The molecule has 0 saturated carbocycles. The van der Waals surface area contributed by atoms with Crippen molar-refractivity contribution < 1.29 is 9.50 Å². The molecular formula is C11H10FNOS. The monoisotopic (exact) mass is 223 g/mol. The van der Waals surface area contributed by atoms with E-state index >= 15 is 0 Å². The number of nitrogens with zero attached hydrogens (tertiary/aromatic N) is 1. The van der Waals surface area contributed by atoms with Gasteiger partial charge in [-0.3, -0.25) is 0 Å². The van der Waals surface area contributed by atoms with Crippen molar-refractivity contribution >= 4 is 11.3 Å². The molecule has 78 valence electrons. The minimum Gasteiger partial charge on any atom is -0.382 e. The van der Waals surface area contributed by atoms with Gasteiger partial charge in [0.05, 0.1) is 10.7 Å². The highest BCUT2D eigenvalue weighted by molar-refractivity contribution is 7.09. The van der Waals surface area contributed by atoms with Crippen LogP contribution in [0.5, 0.6) is 0 Å². The largest absolute Gasteiger partial charge is 0.382 e. The quantitative estimate of drug-likeness (QED) is 0.849. The van der Waals surface area contributed by atoms with Gasteiger partial charge in [-0.05, 0) is 24.6 Å². The Bertz CT molecular complexity index is 469. The minimum absolute atomic E-state index is 0.349. The third-order valence-corrected chi connectivity index (χ3v) is 2.87. The molecule has 1 aromatic carbocycles. The standard InChI is InChI=1S/C11H10FNOS/c1-7-13-10(6-15-7)11(14)8-3-2-4-9(12)5-8/h2-6,11,14H,1H3. The summed E-state index contributed by atoms with van der Waals surface area (Å²) in [5.74, 6) is -0.349. The molecule has 0 amide bonds. The van der Waals surface area contributed by atoms with Crippen LogP contribution in [-0.2, 0) is 0 Å². The van der Waals surface area contributed by atoms with E-state index in [2.05, 4.69) is 4.98 Å². The van der Waals surface area contributed by atoms with Crippen LogP contribution >= 0.6 is 11.3 Å². The van der Waals surface area contributed by atoms with Gasteiger partial charge in [0.15, 0.2) is 0 Å². The van der Waals surface area contributed by atoms with Crippen molar-refractivity contribution in [3.63, 3.8) is 0 Å². The van der Waals surface area contributed by atoms with Crippen LogP contribution < -0.4 is 0 Å². The van der Waals surface area contributed by atoms with Gasteiger partial charge in [-0.2, -0.15) is 0 Å². The number of rotatable bonds is 2. The Labute approximate surface area is 91.0 Å². The molecule has 1 unspecified atom stereocenters. The Balaban J connectivity index is 2.32. The minimum atomic E-state index is -0.842. The van der Waals surface area contributed by atoms with Gasteiger partial charge in [0.25, 0.3) is 0 Å². The van der Waals surface area contributed by atoms with Crippen molar-refractivity contribution in [2.75, 3.05) is 0 Å². The van der Waals surface area contributed by atoms with Crippen LogP contribution in [0.4, 0.5) is 4.39 Å². The van der Waals surface area contributed by atoms with Crippen LogP contribution in [-0.4, -0.2) is 10.1 Å². The SMILES string of the molecule is Cc1nc(C(O)c2cccc(F)c2)cs1. The second-order valence-corrected chi connectivity index (χ2v) is 4.31. The lowest BCUT2D eigenvalue weighted by Gasteiger charge is -2.07. The molecule has 0 fully saturated rings. The third-order valence-electron chi connectivity index (χ3n) is 2.08. The fourth-order valence-corrected chi connectivity index (χ4v) is 1.98. The summed E-state index contributed by atoms with van der Waals surface area (Å²) < 4.78 is 12.9.